The molecule has 0 N–H and O–H groups in total. The Morgan fingerprint density at radius 3 is 2.34 bits per heavy atom. The van der Waals surface area contributed by atoms with Crippen LogP contribution >= 0.6 is 0 Å². The van der Waals surface area contributed by atoms with E-state index >= 15 is 0 Å². The van der Waals surface area contributed by atoms with Crippen LogP contribution < -0.4 is 10.5 Å². The zero-order chi connectivity index (χ0) is 20.6. The molecule has 3 nitrogen and oxygen atoms in total. The van der Waals surface area contributed by atoms with Gasteiger partial charge in [0.1, 0.15) is 11.4 Å². The molecule has 0 atom stereocenters. The first kappa shape index (κ1) is 19.5. The van der Waals surface area contributed by atoms with Crippen molar-refractivity contribution in [3.63, 3.8) is 0 Å². The van der Waals surface area contributed by atoms with Gasteiger partial charge in [-0.1, -0.05) is 25.0 Å². The maximum atomic E-state index is 13.3. The van der Waals surface area contributed by atoms with E-state index in [0.29, 0.717) is 18.3 Å². The van der Waals surface area contributed by atoms with Crippen molar-refractivity contribution in [3.8, 4) is 0 Å². The summed E-state index contributed by atoms with van der Waals surface area (Å²) < 4.78 is 58.2. The smallest absolute Gasteiger partial charge is 0.417 e. The van der Waals surface area contributed by atoms with Gasteiger partial charge in [0.05, 0.1) is 5.56 Å². The lowest BCUT2D eigenvalue weighted by molar-refractivity contribution is -0.136. The molecule has 29 heavy (non-hydrogen) atoms. The molecule has 0 aliphatic heterocycles. The van der Waals surface area contributed by atoms with Gasteiger partial charge in [0.25, 0.3) is 0 Å². The van der Waals surface area contributed by atoms with E-state index in [4.69, 9.17) is 4.42 Å². The van der Waals surface area contributed by atoms with E-state index in [2.05, 4.69) is 4.90 Å². The van der Waals surface area contributed by atoms with Gasteiger partial charge in [0.15, 0.2) is 0 Å². The molecule has 0 saturated heterocycles. The van der Waals surface area contributed by atoms with Gasteiger partial charge in [0, 0.05) is 35.8 Å². The number of fused-ring (bicyclic) bond motifs is 1. The predicted octanol–water partition coefficient (Wildman–Crippen LogP) is 5.90. The van der Waals surface area contributed by atoms with Crippen LogP contribution in [0.15, 0.2) is 57.7 Å². The van der Waals surface area contributed by atoms with Crippen LogP contribution in [0.25, 0.3) is 11.0 Å². The predicted molar refractivity (Wildman–Crippen MR) is 102 cm³/mol. The summed E-state index contributed by atoms with van der Waals surface area (Å²) in [6, 6.07) is 11.3. The third-order valence-electron chi connectivity index (χ3n) is 5.40. The van der Waals surface area contributed by atoms with Gasteiger partial charge in [-0.3, -0.25) is 0 Å². The SMILES string of the molecule is O=c1cc(C(F)(F)F)c2ccc(N(Cc3ccc(F)cc3)C3CCCC3)cc2o1. The number of halogens is 4. The van der Waals surface area contributed by atoms with Crippen LogP contribution in [0.4, 0.5) is 23.2 Å². The number of benzene rings is 2. The molecule has 1 aliphatic rings. The maximum Gasteiger partial charge on any atom is 0.417 e. The second-order valence-electron chi connectivity index (χ2n) is 7.35. The summed E-state index contributed by atoms with van der Waals surface area (Å²) in [6.07, 6.45) is -0.566. The van der Waals surface area contributed by atoms with Crippen molar-refractivity contribution in [2.75, 3.05) is 4.90 Å². The molecule has 4 rings (SSSR count). The summed E-state index contributed by atoms with van der Waals surface area (Å²) in [5.41, 5.74) is -0.557. The lowest BCUT2D eigenvalue weighted by Crippen LogP contribution is -2.32. The number of alkyl halides is 3. The molecule has 0 radical (unpaired) electrons. The third-order valence-corrected chi connectivity index (χ3v) is 5.40. The minimum Gasteiger partial charge on any atom is -0.423 e. The number of hydrogen-bond donors (Lipinski definition) is 0. The average Bonchev–Trinajstić information content (AvgIpc) is 3.20. The highest BCUT2D eigenvalue weighted by atomic mass is 19.4. The summed E-state index contributed by atoms with van der Waals surface area (Å²) in [6.45, 7) is 0.486. The fourth-order valence-electron chi connectivity index (χ4n) is 4.00. The van der Waals surface area contributed by atoms with Crippen molar-refractivity contribution in [2.45, 2.75) is 44.4 Å². The summed E-state index contributed by atoms with van der Waals surface area (Å²) in [5.74, 6) is -0.326. The van der Waals surface area contributed by atoms with Crippen molar-refractivity contribution in [3.05, 3.63) is 75.9 Å². The van der Waals surface area contributed by atoms with E-state index in [9.17, 15) is 22.4 Å². The van der Waals surface area contributed by atoms with Crippen LogP contribution in [0.3, 0.4) is 0 Å². The first-order valence-corrected chi connectivity index (χ1v) is 9.47. The minimum atomic E-state index is -4.64. The topological polar surface area (TPSA) is 33.5 Å². The van der Waals surface area contributed by atoms with Gasteiger partial charge >= 0.3 is 11.8 Å². The highest BCUT2D eigenvalue weighted by Gasteiger charge is 2.34. The van der Waals surface area contributed by atoms with Crippen molar-refractivity contribution in [1.29, 1.82) is 0 Å². The Labute approximate surface area is 164 Å². The van der Waals surface area contributed by atoms with E-state index in [0.717, 1.165) is 31.2 Å². The molecular weight excluding hydrogens is 386 g/mol. The fraction of sp³-hybridized carbons (Fsp3) is 0.318. The molecule has 2 aromatic carbocycles. The zero-order valence-electron chi connectivity index (χ0n) is 15.5. The van der Waals surface area contributed by atoms with E-state index in [1.54, 1.807) is 18.2 Å². The Bertz CT molecular complexity index is 1070. The van der Waals surface area contributed by atoms with E-state index in [1.165, 1.54) is 24.3 Å². The number of anilines is 1. The Morgan fingerprint density at radius 2 is 1.69 bits per heavy atom. The van der Waals surface area contributed by atoms with Gasteiger partial charge < -0.3 is 9.32 Å². The van der Waals surface area contributed by atoms with Crippen LogP contribution in [0.5, 0.6) is 0 Å². The summed E-state index contributed by atoms with van der Waals surface area (Å²) in [7, 11) is 0. The number of hydrogen-bond acceptors (Lipinski definition) is 3. The summed E-state index contributed by atoms with van der Waals surface area (Å²) >= 11 is 0. The molecule has 1 saturated carbocycles. The zero-order valence-corrected chi connectivity index (χ0v) is 15.5. The maximum absolute atomic E-state index is 13.3. The molecule has 0 unspecified atom stereocenters. The lowest BCUT2D eigenvalue weighted by Gasteiger charge is -2.31. The Hall–Kier alpha value is -2.83. The van der Waals surface area contributed by atoms with Crippen LogP contribution in [0.1, 0.15) is 36.8 Å². The normalized spacial score (nSPS) is 15.2. The van der Waals surface area contributed by atoms with Gasteiger partial charge in [-0.15, -0.1) is 0 Å². The molecule has 0 amide bonds. The molecule has 3 aromatic rings. The number of rotatable bonds is 4. The Balaban J connectivity index is 1.77. The first-order valence-electron chi connectivity index (χ1n) is 9.47. The lowest BCUT2D eigenvalue weighted by atomic mass is 10.1. The fourth-order valence-corrected chi connectivity index (χ4v) is 4.00. The molecule has 0 bridgehead atoms. The monoisotopic (exact) mass is 405 g/mol. The van der Waals surface area contributed by atoms with Gasteiger partial charge in [-0.2, -0.15) is 13.2 Å². The molecule has 1 aliphatic carbocycles. The van der Waals surface area contributed by atoms with Gasteiger partial charge in [0.2, 0.25) is 0 Å². The van der Waals surface area contributed by atoms with Crippen LogP contribution in [0.2, 0.25) is 0 Å². The highest BCUT2D eigenvalue weighted by Crippen LogP contribution is 2.36. The van der Waals surface area contributed by atoms with E-state index in [-0.39, 0.29) is 22.8 Å². The van der Waals surface area contributed by atoms with E-state index in [1.807, 2.05) is 0 Å². The molecule has 152 valence electrons. The molecule has 1 aromatic heterocycles. The van der Waals surface area contributed by atoms with Crippen molar-refractivity contribution in [2.24, 2.45) is 0 Å². The quantitative estimate of drug-likeness (QED) is 0.400. The second-order valence-corrected chi connectivity index (χ2v) is 7.35. The molecule has 7 heteroatoms. The van der Waals surface area contributed by atoms with Crippen molar-refractivity contribution >= 4 is 16.7 Å². The van der Waals surface area contributed by atoms with Gasteiger partial charge in [-0.05, 0) is 42.7 Å². The summed E-state index contributed by atoms with van der Waals surface area (Å²) in [4.78, 5) is 13.8. The second kappa shape index (κ2) is 7.54. The standard InChI is InChI=1S/C22H19F4NO2/c23-15-7-5-14(6-8-15)13-27(16-3-1-2-4-16)17-9-10-18-19(22(24,25)26)12-21(28)29-20(18)11-17/h5-12,16H,1-4,13H2. The van der Waals surface area contributed by atoms with Crippen LogP contribution in [-0.4, -0.2) is 6.04 Å². The van der Waals surface area contributed by atoms with Crippen molar-refractivity contribution < 1.29 is 22.0 Å². The molecule has 1 fully saturated rings. The Morgan fingerprint density at radius 1 is 1.00 bits per heavy atom. The number of nitrogens with zero attached hydrogens (tertiary/aromatic N) is 1. The average molecular weight is 405 g/mol. The van der Waals surface area contributed by atoms with Crippen LogP contribution in [0, 0.1) is 5.82 Å². The molecule has 0 spiro atoms. The van der Waals surface area contributed by atoms with Crippen molar-refractivity contribution in [1.82, 2.24) is 0 Å². The molecular formula is C22H19F4NO2. The van der Waals surface area contributed by atoms with Gasteiger partial charge in [-0.25, -0.2) is 9.18 Å². The van der Waals surface area contributed by atoms with E-state index < -0.39 is 17.4 Å². The third kappa shape index (κ3) is 4.13. The Kier molecular flexibility index (Phi) is 5.06. The first-order chi connectivity index (χ1) is 13.8. The summed E-state index contributed by atoms with van der Waals surface area (Å²) in [5, 5.41) is -0.144. The highest BCUT2D eigenvalue weighted by molar-refractivity contribution is 5.84. The largest absolute Gasteiger partial charge is 0.423 e. The minimum absolute atomic E-state index is 0.0931. The van der Waals surface area contributed by atoms with Crippen LogP contribution in [-0.2, 0) is 12.7 Å². The molecule has 1 heterocycles.